The van der Waals surface area contributed by atoms with Crippen LogP contribution >= 0.6 is 0 Å². The van der Waals surface area contributed by atoms with Crippen LogP contribution < -0.4 is 15.4 Å². The molecule has 96 valence electrons. The third-order valence-electron chi connectivity index (χ3n) is 3.07. The molecule has 0 saturated carbocycles. The highest BCUT2D eigenvalue weighted by atomic mass is 16.5. The number of nitrogens with one attached hydrogen (secondary N) is 1. The van der Waals surface area contributed by atoms with Crippen LogP contribution in [0, 0.1) is 0 Å². The molecule has 0 unspecified atom stereocenters. The standard InChI is InChI=1S/C11H17B2NO4/c1-12(15)14-7-9-6-5-8-3-2-4-10(13(16)17)11(8)18-9/h2-4,9,14-17H,5-7H2,1H3/t9-/m1/s1. The maximum atomic E-state index is 9.30. The largest absolute Gasteiger partial charge is 0.492 e. The average Bonchev–Trinajstić information content (AvgIpc) is 2.35. The average molecular weight is 249 g/mol. The SMILES string of the molecule is CB(O)NC[C@H]1CCc2cccc(B(O)O)c2O1. The number of ether oxygens (including phenoxy) is 1. The van der Waals surface area contributed by atoms with E-state index in [1.807, 2.05) is 6.07 Å². The molecule has 0 aliphatic carbocycles. The quantitative estimate of drug-likeness (QED) is 0.502. The number of hydrogen-bond donors (Lipinski definition) is 4. The van der Waals surface area contributed by atoms with Crippen molar-refractivity contribution in [3.63, 3.8) is 0 Å². The molecule has 0 radical (unpaired) electrons. The van der Waals surface area contributed by atoms with Crippen LogP contribution in [0.2, 0.25) is 6.82 Å². The first-order valence-electron chi connectivity index (χ1n) is 6.14. The molecule has 0 bridgehead atoms. The number of fused-ring (bicyclic) bond motifs is 1. The Labute approximate surface area is 107 Å². The molecule has 1 aliphatic heterocycles. The van der Waals surface area contributed by atoms with Gasteiger partial charge in [-0.05, 0) is 25.2 Å². The van der Waals surface area contributed by atoms with Crippen LogP contribution in [0.25, 0.3) is 0 Å². The minimum atomic E-state index is -1.52. The van der Waals surface area contributed by atoms with Crippen LogP contribution in [0.15, 0.2) is 18.2 Å². The molecule has 1 heterocycles. The van der Waals surface area contributed by atoms with Crippen LogP contribution in [0.1, 0.15) is 12.0 Å². The van der Waals surface area contributed by atoms with Gasteiger partial charge in [-0.3, -0.25) is 0 Å². The third kappa shape index (κ3) is 3.05. The molecule has 0 saturated heterocycles. The van der Waals surface area contributed by atoms with Crippen LogP contribution in [0.3, 0.4) is 0 Å². The molecule has 1 atom stereocenters. The van der Waals surface area contributed by atoms with E-state index >= 15 is 0 Å². The van der Waals surface area contributed by atoms with Crippen molar-refractivity contribution in [3.05, 3.63) is 23.8 Å². The van der Waals surface area contributed by atoms with E-state index in [-0.39, 0.29) is 6.10 Å². The summed E-state index contributed by atoms with van der Waals surface area (Å²) in [7, 11) is -2.10. The van der Waals surface area contributed by atoms with Gasteiger partial charge in [-0.1, -0.05) is 18.2 Å². The van der Waals surface area contributed by atoms with Crippen LogP contribution in [0.4, 0.5) is 0 Å². The minimum absolute atomic E-state index is 0.0630. The molecule has 5 nitrogen and oxygen atoms in total. The fourth-order valence-corrected chi connectivity index (χ4v) is 2.14. The summed E-state index contributed by atoms with van der Waals surface area (Å²) in [5.74, 6) is 0.566. The van der Waals surface area contributed by atoms with Crippen LogP contribution in [-0.2, 0) is 6.42 Å². The van der Waals surface area contributed by atoms with Gasteiger partial charge in [0.25, 0.3) is 0 Å². The Balaban J connectivity index is 2.12. The van der Waals surface area contributed by atoms with E-state index in [2.05, 4.69) is 5.23 Å². The van der Waals surface area contributed by atoms with E-state index in [1.165, 1.54) is 0 Å². The second kappa shape index (κ2) is 5.75. The van der Waals surface area contributed by atoms with Gasteiger partial charge in [0, 0.05) is 12.0 Å². The normalized spacial score (nSPS) is 17.9. The molecule has 7 heteroatoms. The Hall–Kier alpha value is -1.01. The second-order valence-corrected chi connectivity index (χ2v) is 4.57. The van der Waals surface area contributed by atoms with E-state index in [1.54, 1.807) is 19.0 Å². The summed E-state index contributed by atoms with van der Waals surface area (Å²) in [5.41, 5.74) is 1.39. The van der Waals surface area contributed by atoms with Crippen LogP contribution in [-0.4, -0.2) is 41.9 Å². The highest BCUT2D eigenvalue weighted by Gasteiger charge is 2.26. The van der Waals surface area contributed by atoms with Crippen molar-refractivity contribution in [1.82, 2.24) is 5.23 Å². The Morgan fingerprint density at radius 1 is 1.39 bits per heavy atom. The lowest BCUT2D eigenvalue weighted by atomic mass is 9.77. The van der Waals surface area contributed by atoms with Gasteiger partial charge in [-0.15, -0.1) is 0 Å². The topological polar surface area (TPSA) is 82.0 Å². The van der Waals surface area contributed by atoms with Gasteiger partial charge < -0.3 is 25.0 Å². The molecule has 1 aliphatic rings. The smallest absolute Gasteiger partial charge is 0.489 e. The minimum Gasteiger partial charge on any atom is -0.489 e. The second-order valence-electron chi connectivity index (χ2n) is 4.57. The Kier molecular flexibility index (Phi) is 4.29. The molecule has 18 heavy (non-hydrogen) atoms. The summed E-state index contributed by atoms with van der Waals surface area (Å²) in [5, 5.41) is 30.7. The Bertz CT molecular complexity index is 414. The number of aryl methyl sites for hydroxylation is 1. The zero-order chi connectivity index (χ0) is 13.1. The first kappa shape index (κ1) is 13.4. The highest BCUT2D eigenvalue weighted by molar-refractivity contribution is 6.59. The zero-order valence-electron chi connectivity index (χ0n) is 10.3. The Morgan fingerprint density at radius 3 is 2.83 bits per heavy atom. The number of para-hydroxylation sites is 1. The molecule has 1 aromatic rings. The summed E-state index contributed by atoms with van der Waals surface area (Å²) in [6.45, 7) is 2.19. The summed E-state index contributed by atoms with van der Waals surface area (Å²) in [6, 6.07) is 5.37. The van der Waals surface area contributed by atoms with Crippen molar-refractivity contribution in [3.8, 4) is 5.75 Å². The van der Waals surface area contributed by atoms with Gasteiger partial charge in [-0.2, -0.15) is 0 Å². The molecule has 0 fully saturated rings. The Morgan fingerprint density at radius 2 is 2.17 bits per heavy atom. The molecule has 0 aromatic heterocycles. The predicted octanol–water partition coefficient (Wildman–Crippen LogP) is -1.24. The van der Waals surface area contributed by atoms with Crippen molar-refractivity contribution in [2.75, 3.05) is 6.54 Å². The van der Waals surface area contributed by atoms with Gasteiger partial charge in [0.2, 0.25) is 0 Å². The lowest BCUT2D eigenvalue weighted by Crippen LogP contribution is -2.43. The van der Waals surface area contributed by atoms with Gasteiger partial charge in [0.05, 0.1) is 0 Å². The van der Waals surface area contributed by atoms with Crippen molar-refractivity contribution in [2.45, 2.75) is 25.8 Å². The van der Waals surface area contributed by atoms with Gasteiger partial charge in [-0.25, -0.2) is 0 Å². The van der Waals surface area contributed by atoms with Crippen molar-refractivity contribution < 1.29 is 19.8 Å². The van der Waals surface area contributed by atoms with Gasteiger partial charge in [0.1, 0.15) is 11.9 Å². The maximum absolute atomic E-state index is 9.30. The molecule has 4 N–H and O–H groups in total. The first-order valence-corrected chi connectivity index (χ1v) is 6.14. The van der Waals surface area contributed by atoms with E-state index in [0.29, 0.717) is 17.8 Å². The lowest BCUT2D eigenvalue weighted by Gasteiger charge is -2.28. The summed E-state index contributed by atoms with van der Waals surface area (Å²) >= 11 is 0. The molecule has 0 amide bonds. The highest BCUT2D eigenvalue weighted by Crippen LogP contribution is 2.25. The molecular weight excluding hydrogens is 232 g/mol. The molecule has 1 aromatic carbocycles. The fraction of sp³-hybridized carbons (Fsp3) is 0.455. The third-order valence-corrected chi connectivity index (χ3v) is 3.07. The van der Waals surface area contributed by atoms with Gasteiger partial charge in [0.15, 0.2) is 0 Å². The summed E-state index contributed by atoms with van der Waals surface area (Å²) in [4.78, 5) is 0. The van der Waals surface area contributed by atoms with Crippen LogP contribution in [0.5, 0.6) is 5.75 Å². The van der Waals surface area contributed by atoms with Gasteiger partial charge >= 0.3 is 14.2 Å². The van der Waals surface area contributed by atoms with E-state index in [4.69, 9.17) is 4.74 Å². The molecule has 0 spiro atoms. The fourth-order valence-electron chi connectivity index (χ4n) is 2.14. The summed E-state index contributed by atoms with van der Waals surface area (Å²) in [6.07, 6.45) is 1.62. The maximum Gasteiger partial charge on any atom is 0.492 e. The van der Waals surface area contributed by atoms with E-state index in [0.717, 1.165) is 18.4 Å². The number of rotatable bonds is 4. The van der Waals surface area contributed by atoms with Crippen molar-refractivity contribution in [2.24, 2.45) is 0 Å². The zero-order valence-corrected chi connectivity index (χ0v) is 10.3. The number of benzene rings is 1. The molecular formula is C11H17B2NO4. The van der Waals surface area contributed by atoms with E-state index in [9.17, 15) is 15.1 Å². The summed E-state index contributed by atoms with van der Waals surface area (Å²) < 4.78 is 5.78. The van der Waals surface area contributed by atoms with E-state index < -0.39 is 14.2 Å². The first-order chi connectivity index (χ1) is 8.58. The molecule has 2 rings (SSSR count). The lowest BCUT2D eigenvalue weighted by molar-refractivity contribution is 0.177. The number of hydrogen-bond acceptors (Lipinski definition) is 5. The predicted molar refractivity (Wildman–Crippen MR) is 70.8 cm³/mol. The monoisotopic (exact) mass is 249 g/mol. The van der Waals surface area contributed by atoms with Crippen molar-refractivity contribution in [1.29, 1.82) is 0 Å². The van der Waals surface area contributed by atoms with Crippen molar-refractivity contribution >= 4 is 19.6 Å².